The van der Waals surface area contributed by atoms with Gasteiger partial charge in [0.25, 0.3) is 0 Å². The molecule has 1 unspecified atom stereocenters. The van der Waals surface area contributed by atoms with Crippen LogP contribution in [-0.4, -0.2) is 50.2 Å². The number of carbonyl (C=O) groups excluding carboxylic acids is 1. The van der Waals surface area contributed by atoms with E-state index in [0.717, 1.165) is 47.9 Å². The molecule has 2 aromatic rings. The van der Waals surface area contributed by atoms with Crippen molar-refractivity contribution < 1.29 is 4.79 Å². The van der Waals surface area contributed by atoms with Crippen LogP contribution in [0.3, 0.4) is 0 Å². The van der Waals surface area contributed by atoms with E-state index in [1.165, 1.54) is 0 Å². The number of amides is 2. The van der Waals surface area contributed by atoms with Gasteiger partial charge in [0.1, 0.15) is 5.84 Å². The van der Waals surface area contributed by atoms with Crippen LogP contribution in [0.4, 0.5) is 10.5 Å². The molecule has 1 atom stereocenters. The van der Waals surface area contributed by atoms with E-state index in [-0.39, 0.29) is 6.03 Å². The van der Waals surface area contributed by atoms with Crippen molar-refractivity contribution in [3.63, 3.8) is 0 Å². The number of hydrogen-bond acceptors (Lipinski definition) is 4. The number of rotatable bonds is 7. The van der Waals surface area contributed by atoms with Gasteiger partial charge in [-0.3, -0.25) is 4.99 Å². The number of allylic oxidation sites excluding steroid dienone is 1. The number of urea groups is 1. The van der Waals surface area contributed by atoms with Gasteiger partial charge in [0.05, 0.1) is 0 Å². The molecule has 0 aromatic heterocycles. The van der Waals surface area contributed by atoms with Gasteiger partial charge < -0.3 is 26.2 Å². The highest BCUT2D eigenvalue weighted by molar-refractivity contribution is 5.95. The summed E-state index contributed by atoms with van der Waals surface area (Å²) in [6, 6.07) is 17.6. The van der Waals surface area contributed by atoms with Gasteiger partial charge in [0.2, 0.25) is 0 Å². The van der Waals surface area contributed by atoms with E-state index in [9.17, 15) is 4.79 Å². The molecule has 0 saturated carbocycles. The molecule has 0 aliphatic carbocycles. The topological polar surface area (TPSA) is 80.8 Å². The Bertz CT molecular complexity index is 890. The number of aliphatic imine (C=N–C) groups is 1. The normalized spacial score (nSPS) is 17.1. The summed E-state index contributed by atoms with van der Waals surface area (Å²) < 4.78 is 0. The summed E-state index contributed by atoms with van der Waals surface area (Å²) in [6.07, 6.45) is 2.50. The van der Waals surface area contributed by atoms with Gasteiger partial charge in [-0.15, -0.1) is 0 Å². The summed E-state index contributed by atoms with van der Waals surface area (Å²) in [6.45, 7) is 3.67. The van der Waals surface area contributed by atoms with Crippen LogP contribution < -0.4 is 21.3 Å². The number of nitrogens with one attached hydrogen (secondary N) is 4. The first kappa shape index (κ1) is 21.4. The molecule has 158 valence electrons. The maximum atomic E-state index is 12.4. The lowest BCUT2D eigenvalue weighted by atomic mass is 10.1. The Balaban J connectivity index is 1.52. The fraction of sp³-hybridized carbons (Fsp3) is 0.304. The third-order valence-electron chi connectivity index (χ3n) is 4.59. The SMILES string of the molecule is CC1=CC(=NCCCN(C)C)NC(NC(=O)Nc2ccc(-c3ccccc3)cc2)N1. The lowest BCUT2D eigenvalue weighted by molar-refractivity contribution is 0.245. The molecule has 1 heterocycles. The van der Waals surface area contributed by atoms with Gasteiger partial charge in [-0.1, -0.05) is 42.5 Å². The standard InChI is InChI=1S/C23H30N6O/c1-17-16-21(24-14-7-15-29(2)3)27-22(25-17)28-23(30)26-20-12-10-19(11-13-20)18-8-5-4-6-9-18/h4-6,8-13,16,22,25H,7,14-15H2,1-3H3,(H,24,27)(H2,26,28,30). The minimum atomic E-state index is -0.425. The first-order chi connectivity index (χ1) is 14.5. The number of benzene rings is 2. The molecule has 30 heavy (non-hydrogen) atoms. The zero-order valence-corrected chi connectivity index (χ0v) is 17.8. The summed E-state index contributed by atoms with van der Waals surface area (Å²) in [5.41, 5.74) is 3.92. The molecule has 0 fully saturated rings. The summed E-state index contributed by atoms with van der Waals surface area (Å²) >= 11 is 0. The predicted octanol–water partition coefficient (Wildman–Crippen LogP) is 3.21. The van der Waals surface area contributed by atoms with E-state index in [1.54, 1.807) is 0 Å². The number of anilines is 1. The van der Waals surface area contributed by atoms with Crippen molar-refractivity contribution in [3.8, 4) is 11.1 Å². The monoisotopic (exact) mass is 406 g/mol. The average molecular weight is 407 g/mol. The third kappa shape index (κ3) is 6.63. The van der Waals surface area contributed by atoms with Gasteiger partial charge in [-0.25, -0.2) is 4.79 Å². The Morgan fingerprint density at radius 1 is 1.03 bits per heavy atom. The fourth-order valence-electron chi connectivity index (χ4n) is 3.12. The van der Waals surface area contributed by atoms with E-state index in [4.69, 9.17) is 0 Å². The van der Waals surface area contributed by atoms with Crippen LogP contribution in [-0.2, 0) is 0 Å². The Kier molecular flexibility index (Phi) is 7.45. The number of amidine groups is 1. The molecule has 4 N–H and O–H groups in total. The second-order valence-electron chi connectivity index (χ2n) is 7.51. The van der Waals surface area contributed by atoms with Crippen LogP contribution in [0.5, 0.6) is 0 Å². The van der Waals surface area contributed by atoms with Gasteiger partial charge >= 0.3 is 6.03 Å². The average Bonchev–Trinajstić information content (AvgIpc) is 2.72. The van der Waals surface area contributed by atoms with Crippen molar-refractivity contribution in [2.75, 3.05) is 32.5 Å². The fourth-order valence-corrected chi connectivity index (χ4v) is 3.12. The van der Waals surface area contributed by atoms with E-state index >= 15 is 0 Å². The molecule has 7 nitrogen and oxygen atoms in total. The van der Waals surface area contributed by atoms with E-state index in [0.29, 0.717) is 0 Å². The molecular weight excluding hydrogens is 376 g/mol. The van der Waals surface area contributed by atoms with Crippen LogP contribution >= 0.6 is 0 Å². The van der Waals surface area contributed by atoms with Gasteiger partial charge in [-0.2, -0.15) is 0 Å². The first-order valence-electron chi connectivity index (χ1n) is 10.1. The van der Waals surface area contributed by atoms with E-state index in [2.05, 4.69) is 43.3 Å². The lowest BCUT2D eigenvalue weighted by Gasteiger charge is -2.27. The van der Waals surface area contributed by atoms with Crippen molar-refractivity contribution in [1.82, 2.24) is 20.9 Å². The third-order valence-corrected chi connectivity index (χ3v) is 4.59. The highest BCUT2D eigenvalue weighted by Crippen LogP contribution is 2.20. The van der Waals surface area contributed by atoms with Crippen molar-refractivity contribution >= 4 is 17.6 Å². The minimum absolute atomic E-state index is 0.297. The molecule has 2 aromatic carbocycles. The molecule has 0 saturated heterocycles. The zero-order chi connectivity index (χ0) is 21.3. The largest absolute Gasteiger partial charge is 0.352 e. The molecular formula is C23H30N6O. The molecule has 0 bridgehead atoms. The highest BCUT2D eigenvalue weighted by atomic mass is 16.2. The molecule has 1 aliphatic heterocycles. The highest BCUT2D eigenvalue weighted by Gasteiger charge is 2.17. The smallest absolute Gasteiger partial charge is 0.322 e. The van der Waals surface area contributed by atoms with Crippen molar-refractivity contribution in [1.29, 1.82) is 0 Å². The van der Waals surface area contributed by atoms with Crippen molar-refractivity contribution in [3.05, 3.63) is 66.4 Å². The van der Waals surface area contributed by atoms with E-state index < -0.39 is 6.29 Å². The second kappa shape index (κ2) is 10.5. The molecule has 7 heteroatoms. The lowest BCUT2D eigenvalue weighted by Crippen LogP contribution is -2.58. The molecule has 1 aliphatic rings. The van der Waals surface area contributed by atoms with Crippen LogP contribution in [0.15, 0.2) is 71.4 Å². The Labute approximate surface area is 178 Å². The van der Waals surface area contributed by atoms with Crippen LogP contribution in [0.2, 0.25) is 0 Å². The number of nitrogens with zero attached hydrogens (tertiary/aromatic N) is 2. The Morgan fingerprint density at radius 3 is 2.43 bits per heavy atom. The maximum absolute atomic E-state index is 12.4. The molecule has 2 amide bonds. The minimum Gasteiger partial charge on any atom is -0.352 e. The molecule has 0 spiro atoms. The molecule has 0 radical (unpaired) electrons. The summed E-state index contributed by atoms with van der Waals surface area (Å²) in [5, 5.41) is 12.1. The zero-order valence-electron chi connectivity index (χ0n) is 17.8. The number of hydrogen-bond donors (Lipinski definition) is 4. The number of carbonyl (C=O) groups is 1. The molecule has 3 rings (SSSR count). The van der Waals surface area contributed by atoms with Gasteiger partial charge in [-0.05, 0) is 63.3 Å². The van der Waals surface area contributed by atoms with Gasteiger partial charge in [0.15, 0.2) is 6.29 Å². The summed E-state index contributed by atoms with van der Waals surface area (Å²) in [7, 11) is 4.10. The summed E-state index contributed by atoms with van der Waals surface area (Å²) in [5.74, 6) is 0.766. The van der Waals surface area contributed by atoms with E-state index in [1.807, 2.05) is 69.6 Å². The van der Waals surface area contributed by atoms with Gasteiger partial charge in [0, 0.05) is 17.9 Å². The summed E-state index contributed by atoms with van der Waals surface area (Å²) in [4.78, 5) is 19.1. The van der Waals surface area contributed by atoms with Crippen LogP contribution in [0.1, 0.15) is 13.3 Å². The Morgan fingerprint density at radius 2 is 1.73 bits per heavy atom. The van der Waals surface area contributed by atoms with Crippen molar-refractivity contribution in [2.24, 2.45) is 4.99 Å². The second-order valence-corrected chi connectivity index (χ2v) is 7.51. The predicted molar refractivity (Wildman–Crippen MR) is 123 cm³/mol. The quantitative estimate of drug-likeness (QED) is 0.533. The first-order valence-corrected chi connectivity index (χ1v) is 10.1. The van der Waals surface area contributed by atoms with Crippen LogP contribution in [0.25, 0.3) is 11.1 Å². The Hall–Kier alpha value is -3.32. The van der Waals surface area contributed by atoms with Crippen molar-refractivity contribution in [2.45, 2.75) is 19.6 Å². The van der Waals surface area contributed by atoms with Crippen LogP contribution in [0, 0.1) is 0 Å². The maximum Gasteiger partial charge on any atom is 0.322 e.